The number of hydrogen-bond acceptors (Lipinski definition) is 4. The molecule has 0 aliphatic rings. The number of halogens is 1. The zero-order valence-corrected chi connectivity index (χ0v) is 15.0. The smallest absolute Gasteiger partial charge is 0.226 e. The molecule has 128 valence electrons. The molecular weight excluding hydrogens is 332 g/mol. The van der Waals surface area contributed by atoms with Gasteiger partial charge in [-0.05, 0) is 25.0 Å². The molecule has 2 N–H and O–H groups in total. The summed E-state index contributed by atoms with van der Waals surface area (Å²) >= 11 is 6.18. The lowest BCUT2D eigenvalue weighted by Gasteiger charge is -2.18. The number of anilines is 2. The van der Waals surface area contributed by atoms with E-state index >= 15 is 0 Å². The van der Waals surface area contributed by atoms with E-state index in [1.807, 2.05) is 36.4 Å². The Morgan fingerprint density at radius 2 is 1.28 bits per heavy atom. The van der Waals surface area contributed by atoms with Gasteiger partial charge in [-0.25, -0.2) is 4.98 Å². The lowest BCUT2D eigenvalue weighted by Crippen LogP contribution is -2.12. The molecule has 0 fully saturated rings. The number of aromatic nitrogens is 2. The molecule has 1 heterocycles. The summed E-state index contributed by atoms with van der Waals surface area (Å²) < 4.78 is 0. The quantitative estimate of drug-likeness (QED) is 0.577. The van der Waals surface area contributed by atoms with Crippen LogP contribution in [0, 0.1) is 0 Å². The predicted octanol–water partition coefficient (Wildman–Crippen LogP) is 5.48. The van der Waals surface area contributed by atoms with Crippen molar-refractivity contribution in [2.45, 2.75) is 25.9 Å². The van der Waals surface area contributed by atoms with Crippen molar-refractivity contribution in [3.63, 3.8) is 0 Å². The van der Waals surface area contributed by atoms with Gasteiger partial charge in [-0.3, -0.25) is 0 Å². The second-order valence-electron chi connectivity index (χ2n) is 5.95. The Balaban J connectivity index is 1.74. The van der Waals surface area contributed by atoms with E-state index in [0.29, 0.717) is 16.9 Å². The minimum Gasteiger partial charge on any atom is -0.363 e. The fraction of sp³-hybridized carbons (Fsp3) is 0.200. The van der Waals surface area contributed by atoms with Gasteiger partial charge < -0.3 is 10.6 Å². The Morgan fingerprint density at radius 1 is 0.760 bits per heavy atom. The summed E-state index contributed by atoms with van der Waals surface area (Å²) in [7, 11) is 0. The minimum absolute atomic E-state index is 0.0825. The fourth-order valence-corrected chi connectivity index (χ4v) is 2.81. The van der Waals surface area contributed by atoms with Crippen LogP contribution in [0.3, 0.4) is 0 Å². The Kier molecular flexibility index (Phi) is 5.51. The maximum Gasteiger partial charge on any atom is 0.226 e. The molecule has 25 heavy (non-hydrogen) atoms. The van der Waals surface area contributed by atoms with Gasteiger partial charge in [0.15, 0.2) is 0 Å². The van der Waals surface area contributed by atoms with Crippen LogP contribution in [0.1, 0.15) is 37.1 Å². The third-order valence-corrected chi connectivity index (χ3v) is 4.20. The first kappa shape index (κ1) is 17.2. The summed E-state index contributed by atoms with van der Waals surface area (Å²) in [6.45, 7) is 4.16. The van der Waals surface area contributed by atoms with E-state index in [1.54, 1.807) is 6.07 Å². The second-order valence-corrected chi connectivity index (χ2v) is 6.34. The van der Waals surface area contributed by atoms with E-state index in [1.165, 1.54) is 11.1 Å². The lowest BCUT2D eigenvalue weighted by molar-refractivity contribution is 0.848. The maximum atomic E-state index is 6.18. The molecule has 0 aliphatic carbocycles. The summed E-state index contributed by atoms with van der Waals surface area (Å²) in [5.74, 6) is 1.20. The van der Waals surface area contributed by atoms with Crippen LogP contribution < -0.4 is 10.6 Å². The Bertz CT molecular complexity index is 743. The molecule has 4 nitrogen and oxygen atoms in total. The number of nitrogens with zero attached hydrogens (tertiary/aromatic N) is 2. The van der Waals surface area contributed by atoms with E-state index < -0.39 is 0 Å². The number of benzene rings is 2. The largest absolute Gasteiger partial charge is 0.363 e. The highest BCUT2D eigenvalue weighted by atomic mass is 35.5. The first-order valence-corrected chi connectivity index (χ1v) is 8.67. The van der Waals surface area contributed by atoms with Crippen molar-refractivity contribution in [3.05, 3.63) is 83.0 Å². The van der Waals surface area contributed by atoms with Gasteiger partial charge in [0.2, 0.25) is 5.95 Å². The van der Waals surface area contributed by atoms with Crippen molar-refractivity contribution in [1.82, 2.24) is 9.97 Å². The van der Waals surface area contributed by atoms with Crippen LogP contribution in [0.2, 0.25) is 5.15 Å². The van der Waals surface area contributed by atoms with E-state index in [4.69, 9.17) is 11.6 Å². The Hall–Kier alpha value is -2.59. The second kappa shape index (κ2) is 7.99. The van der Waals surface area contributed by atoms with Gasteiger partial charge in [0, 0.05) is 12.1 Å². The molecule has 3 aromatic rings. The van der Waals surface area contributed by atoms with E-state index in [-0.39, 0.29) is 12.1 Å². The highest BCUT2D eigenvalue weighted by Gasteiger charge is 2.11. The van der Waals surface area contributed by atoms with Gasteiger partial charge in [-0.15, -0.1) is 0 Å². The Morgan fingerprint density at radius 3 is 1.84 bits per heavy atom. The first-order valence-electron chi connectivity index (χ1n) is 8.29. The van der Waals surface area contributed by atoms with Crippen molar-refractivity contribution < 1.29 is 0 Å². The Labute approximate surface area is 153 Å². The third kappa shape index (κ3) is 4.70. The number of rotatable bonds is 6. The molecule has 3 rings (SSSR count). The molecule has 5 heteroatoms. The molecule has 0 aliphatic heterocycles. The van der Waals surface area contributed by atoms with Crippen molar-refractivity contribution in [3.8, 4) is 0 Å². The third-order valence-electron chi connectivity index (χ3n) is 4.00. The summed E-state index contributed by atoms with van der Waals surface area (Å²) in [6.07, 6.45) is 0. The standard InChI is InChI=1S/C20H21ClN4/c1-14(16-9-5-3-6-10-16)22-19-13-18(21)24-20(25-19)23-15(2)17-11-7-4-8-12-17/h3-15H,1-2H3,(H2,22,23,24,25). The highest BCUT2D eigenvalue weighted by Crippen LogP contribution is 2.23. The van der Waals surface area contributed by atoms with Crippen LogP contribution in [-0.2, 0) is 0 Å². The summed E-state index contributed by atoms with van der Waals surface area (Å²) in [5, 5.41) is 7.09. The zero-order chi connectivity index (χ0) is 17.6. The molecule has 0 amide bonds. The van der Waals surface area contributed by atoms with Crippen LogP contribution in [0.25, 0.3) is 0 Å². The topological polar surface area (TPSA) is 49.8 Å². The maximum absolute atomic E-state index is 6.18. The van der Waals surface area contributed by atoms with Gasteiger partial charge >= 0.3 is 0 Å². The molecule has 0 spiro atoms. The molecule has 2 unspecified atom stereocenters. The molecule has 0 saturated carbocycles. The average Bonchev–Trinajstić information content (AvgIpc) is 2.62. The number of nitrogens with one attached hydrogen (secondary N) is 2. The van der Waals surface area contributed by atoms with Gasteiger partial charge in [0.05, 0.1) is 6.04 Å². The summed E-state index contributed by atoms with van der Waals surface area (Å²) in [6, 6.07) is 22.3. The van der Waals surface area contributed by atoms with Gasteiger partial charge in [-0.2, -0.15) is 4.98 Å². The van der Waals surface area contributed by atoms with Crippen LogP contribution in [0.15, 0.2) is 66.7 Å². The fourth-order valence-electron chi connectivity index (χ4n) is 2.62. The minimum atomic E-state index is 0.0825. The van der Waals surface area contributed by atoms with Crippen LogP contribution >= 0.6 is 11.6 Å². The SMILES string of the molecule is CC(Nc1cc(Cl)nc(NC(C)c2ccccc2)n1)c1ccccc1. The molecule has 1 aromatic heterocycles. The van der Waals surface area contributed by atoms with Crippen molar-refractivity contribution in [2.75, 3.05) is 10.6 Å². The molecule has 0 bridgehead atoms. The van der Waals surface area contributed by atoms with Crippen molar-refractivity contribution in [2.24, 2.45) is 0 Å². The zero-order valence-electron chi connectivity index (χ0n) is 14.3. The van der Waals surface area contributed by atoms with Gasteiger partial charge in [0.25, 0.3) is 0 Å². The van der Waals surface area contributed by atoms with E-state index in [0.717, 1.165) is 0 Å². The van der Waals surface area contributed by atoms with Crippen LogP contribution in [0.5, 0.6) is 0 Å². The predicted molar refractivity (Wildman–Crippen MR) is 104 cm³/mol. The average molecular weight is 353 g/mol. The molecule has 0 saturated heterocycles. The van der Waals surface area contributed by atoms with Crippen molar-refractivity contribution >= 4 is 23.4 Å². The monoisotopic (exact) mass is 352 g/mol. The van der Waals surface area contributed by atoms with Crippen LogP contribution in [0.4, 0.5) is 11.8 Å². The van der Waals surface area contributed by atoms with Gasteiger partial charge in [-0.1, -0.05) is 72.3 Å². The summed E-state index contributed by atoms with van der Waals surface area (Å²) in [4.78, 5) is 8.83. The molecule has 2 aromatic carbocycles. The molecule has 0 radical (unpaired) electrons. The van der Waals surface area contributed by atoms with Crippen LogP contribution in [-0.4, -0.2) is 9.97 Å². The normalized spacial score (nSPS) is 13.1. The highest BCUT2D eigenvalue weighted by molar-refractivity contribution is 6.29. The summed E-state index contributed by atoms with van der Waals surface area (Å²) in [5.41, 5.74) is 2.35. The van der Waals surface area contributed by atoms with Crippen molar-refractivity contribution in [1.29, 1.82) is 0 Å². The van der Waals surface area contributed by atoms with E-state index in [2.05, 4.69) is 58.7 Å². The van der Waals surface area contributed by atoms with E-state index in [9.17, 15) is 0 Å². The molecule has 2 atom stereocenters. The molecular formula is C20H21ClN4. The first-order chi connectivity index (χ1) is 12.1. The number of hydrogen-bond donors (Lipinski definition) is 2. The lowest BCUT2D eigenvalue weighted by atomic mass is 10.1. The van der Waals surface area contributed by atoms with Gasteiger partial charge in [0.1, 0.15) is 11.0 Å².